The highest BCUT2D eigenvalue weighted by atomic mass is 19.3. The number of hydrogen-bond donors (Lipinski definition) is 1. The molecule has 18 heavy (non-hydrogen) atoms. The van der Waals surface area contributed by atoms with Crippen molar-refractivity contribution in [3.63, 3.8) is 0 Å². The maximum Gasteiger partial charge on any atom is 0.342 e. The van der Waals surface area contributed by atoms with Gasteiger partial charge in [-0.3, -0.25) is 4.79 Å². The van der Waals surface area contributed by atoms with Gasteiger partial charge in [-0.05, 0) is 12.1 Å². The average molecular weight is 252 g/mol. The van der Waals surface area contributed by atoms with Crippen LogP contribution in [0.3, 0.4) is 0 Å². The summed E-state index contributed by atoms with van der Waals surface area (Å²) in [6.45, 7) is 0. The summed E-state index contributed by atoms with van der Waals surface area (Å²) in [4.78, 5) is 11.7. The van der Waals surface area contributed by atoms with Crippen LogP contribution in [0.1, 0.15) is 22.2 Å². The lowest BCUT2D eigenvalue weighted by atomic mass is 10.00. The first-order valence-electron chi connectivity index (χ1n) is 5.22. The Balaban J connectivity index is 2.28. The van der Waals surface area contributed by atoms with Crippen LogP contribution in [0.15, 0.2) is 53.1 Å². The first-order chi connectivity index (χ1) is 8.53. The minimum Gasteiger partial charge on any atom is -0.466 e. The normalized spacial score (nSPS) is 13.3. The van der Waals surface area contributed by atoms with Crippen LogP contribution in [0.2, 0.25) is 0 Å². The number of rotatable bonds is 4. The predicted molar refractivity (Wildman–Crippen MR) is 59.4 cm³/mol. The molecule has 1 unspecified atom stereocenters. The largest absolute Gasteiger partial charge is 0.466 e. The second kappa shape index (κ2) is 4.70. The van der Waals surface area contributed by atoms with E-state index >= 15 is 0 Å². The molecule has 2 rings (SSSR count). The zero-order valence-corrected chi connectivity index (χ0v) is 9.22. The number of ketones is 1. The van der Waals surface area contributed by atoms with E-state index in [2.05, 4.69) is 4.42 Å². The van der Waals surface area contributed by atoms with Gasteiger partial charge in [0.25, 0.3) is 0 Å². The van der Waals surface area contributed by atoms with Gasteiger partial charge in [-0.2, -0.15) is 8.78 Å². The number of Topliss-reactive ketones (excluding diaryl/α,β-unsaturated/α-hetero) is 1. The number of benzene rings is 1. The summed E-state index contributed by atoms with van der Waals surface area (Å²) in [7, 11) is 0. The summed E-state index contributed by atoms with van der Waals surface area (Å²) in [6, 6.07) is 9.65. The Kier molecular flexibility index (Phi) is 3.25. The van der Waals surface area contributed by atoms with Gasteiger partial charge in [-0.1, -0.05) is 30.3 Å². The van der Waals surface area contributed by atoms with Crippen LogP contribution in [0, 0.1) is 0 Å². The van der Waals surface area contributed by atoms with Crippen LogP contribution in [0.25, 0.3) is 0 Å². The number of alkyl halides is 2. The number of carbonyl (C=O) groups excluding carboxylic acids is 1. The van der Waals surface area contributed by atoms with E-state index in [0.717, 1.165) is 6.26 Å². The topological polar surface area (TPSA) is 50.4 Å². The Labute approximate surface area is 102 Å². The highest BCUT2D eigenvalue weighted by Gasteiger charge is 2.48. The van der Waals surface area contributed by atoms with Gasteiger partial charge in [-0.15, -0.1) is 0 Å². The molecule has 1 heterocycles. The zero-order chi connectivity index (χ0) is 13.2. The highest BCUT2D eigenvalue weighted by molar-refractivity contribution is 6.01. The molecular weight excluding hydrogens is 242 g/mol. The Morgan fingerprint density at radius 2 is 1.83 bits per heavy atom. The number of carbonyl (C=O) groups is 1. The van der Waals surface area contributed by atoms with Crippen LogP contribution in [0.5, 0.6) is 0 Å². The van der Waals surface area contributed by atoms with E-state index in [1.54, 1.807) is 6.07 Å². The molecule has 0 spiro atoms. The van der Waals surface area contributed by atoms with Gasteiger partial charge < -0.3 is 9.52 Å². The summed E-state index contributed by atoms with van der Waals surface area (Å²) in [5.41, 5.74) is -0.159. The molecule has 0 saturated heterocycles. The van der Waals surface area contributed by atoms with Crippen molar-refractivity contribution in [2.45, 2.75) is 12.0 Å². The van der Waals surface area contributed by atoms with E-state index in [0.29, 0.717) is 0 Å². The van der Waals surface area contributed by atoms with Crippen LogP contribution >= 0.6 is 0 Å². The molecule has 0 saturated carbocycles. The van der Waals surface area contributed by atoms with Crippen molar-refractivity contribution < 1.29 is 23.1 Å². The van der Waals surface area contributed by atoms with Crippen molar-refractivity contribution in [1.82, 2.24) is 0 Å². The number of furan rings is 1. The molecule has 1 aromatic carbocycles. The first kappa shape index (κ1) is 12.4. The van der Waals surface area contributed by atoms with Gasteiger partial charge in [0.15, 0.2) is 6.10 Å². The molecule has 5 heteroatoms. The fourth-order valence-electron chi connectivity index (χ4n) is 1.53. The lowest BCUT2D eigenvalue weighted by Crippen LogP contribution is -2.35. The van der Waals surface area contributed by atoms with Gasteiger partial charge in [0.1, 0.15) is 5.76 Å². The third-order valence-corrected chi connectivity index (χ3v) is 2.49. The van der Waals surface area contributed by atoms with Crippen LogP contribution in [0.4, 0.5) is 8.78 Å². The van der Waals surface area contributed by atoms with Crippen LogP contribution < -0.4 is 0 Å². The monoisotopic (exact) mass is 252 g/mol. The summed E-state index contributed by atoms with van der Waals surface area (Å²) < 4.78 is 32.3. The molecule has 0 bridgehead atoms. The van der Waals surface area contributed by atoms with Crippen molar-refractivity contribution in [3.8, 4) is 0 Å². The molecule has 3 nitrogen and oxygen atoms in total. The van der Waals surface area contributed by atoms with Crippen molar-refractivity contribution in [3.05, 3.63) is 60.1 Å². The molecule has 1 atom stereocenters. The van der Waals surface area contributed by atoms with E-state index in [1.807, 2.05) is 0 Å². The van der Waals surface area contributed by atoms with Crippen molar-refractivity contribution in [2.75, 3.05) is 0 Å². The number of aliphatic hydroxyl groups is 1. The van der Waals surface area contributed by atoms with Gasteiger partial charge in [-0.25, -0.2) is 0 Å². The molecule has 2 aromatic rings. The maximum absolute atomic E-state index is 13.8. The zero-order valence-electron chi connectivity index (χ0n) is 9.22. The number of aliphatic hydroxyl groups excluding tert-OH is 1. The average Bonchev–Trinajstić information content (AvgIpc) is 2.91. The maximum atomic E-state index is 13.8. The third-order valence-electron chi connectivity index (χ3n) is 2.49. The molecule has 0 fully saturated rings. The van der Waals surface area contributed by atoms with Crippen molar-refractivity contribution in [1.29, 1.82) is 0 Å². The Hall–Kier alpha value is -2.01. The molecule has 0 amide bonds. The molecule has 1 N–H and O–H groups in total. The van der Waals surface area contributed by atoms with E-state index in [4.69, 9.17) is 0 Å². The van der Waals surface area contributed by atoms with Gasteiger partial charge in [0, 0.05) is 5.56 Å². The Morgan fingerprint density at radius 1 is 1.17 bits per heavy atom. The highest BCUT2D eigenvalue weighted by Crippen LogP contribution is 2.34. The third kappa shape index (κ3) is 2.17. The second-order valence-corrected chi connectivity index (χ2v) is 3.74. The molecule has 0 aliphatic rings. The smallest absolute Gasteiger partial charge is 0.342 e. The summed E-state index contributed by atoms with van der Waals surface area (Å²) in [5, 5.41) is 9.50. The van der Waals surface area contributed by atoms with E-state index < -0.39 is 17.8 Å². The number of halogens is 2. The van der Waals surface area contributed by atoms with Crippen LogP contribution in [-0.2, 0) is 0 Å². The summed E-state index contributed by atoms with van der Waals surface area (Å²) in [5.74, 6) is -5.71. The minimum absolute atomic E-state index is 0.159. The molecular formula is C13H10F2O3. The minimum atomic E-state index is -3.93. The van der Waals surface area contributed by atoms with E-state index in [9.17, 15) is 18.7 Å². The van der Waals surface area contributed by atoms with E-state index in [-0.39, 0.29) is 11.3 Å². The molecule has 1 aromatic heterocycles. The van der Waals surface area contributed by atoms with Crippen LogP contribution in [-0.4, -0.2) is 16.8 Å². The fourth-order valence-corrected chi connectivity index (χ4v) is 1.53. The molecule has 94 valence electrons. The quantitative estimate of drug-likeness (QED) is 0.851. The second-order valence-electron chi connectivity index (χ2n) is 3.74. The van der Waals surface area contributed by atoms with Gasteiger partial charge in [0.2, 0.25) is 5.78 Å². The lowest BCUT2D eigenvalue weighted by Gasteiger charge is -2.19. The van der Waals surface area contributed by atoms with Gasteiger partial charge >= 0.3 is 5.92 Å². The SMILES string of the molecule is O=C(c1ccccc1)C(F)(F)C(O)c1ccco1. The fraction of sp³-hybridized carbons (Fsp3) is 0.154. The van der Waals surface area contributed by atoms with Crippen molar-refractivity contribution >= 4 is 5.78 Å². The van der Waals surface area contributed by atoms with E-state index in [1.165, 1.54) is 36.4 Å². The molecule has 0 radical (unpaired) electrons. The molecule has 0 aliphatic heterocycles. The Bertz CT molecular complexity index is 520. The molecule has 0 aliphatic carbocycles. The Morgan fingerprint density at radius 3 is 2.39 bits per heavy atom. The standard InChI is InChI=1S/C13H10F2O3/c14-13(15,12(17)10-7-4-8-18-10)11(16)9-5-2-1-3-6-9/h1-8,12,17H. The van der Waals surface area contributed by atoms with Gasteiger partial charge in [0.05, 0.1) is 6.26 Å². The number of hydrogen-bond acceptors (Lipinski definition) is 3. The lowest BCUT2D eigenvalue weighted by molar-refractivity contribution is -0.0870. The predicted octanol–water partition coefficient (Wildman–Crippen LogP) is 2.83. The van der Waals surface area contributed by atoms with Crippen molar-refractivity contribution in [2.24, 2.45) is 0 Å². The first-order valence-corrected chi connectivity index (χ1v) is 5.22. The summed E-state index contributed by atoms with van der Waals surface area (Å²) >= 11 is 0. The summed E-state index contributed by atoms with van der Waals surface area (Å²) in [6.07, 6.45) is -1.14.